The SMILES string of the molecule is CCS(=O)CCNCc1nccc(OC)c1OC. The first-order valence-corrected chi connectivity index (χ1v) is 7.33. The molecule has 6 heteroatoms. The van der Waals surface area contributed by atoms with Gasteiger partial charge in [-0.3, -0.25) is 9.19 Å². The highest BCUT2D eigenvalue weighted by Gasteiger charge is 2.10. The predicted molar refractivity (Wildman–Crippen MR) is 72.6 cm³/mol. The second-order valence-electron chi connectivity index (χ2n) is 3.60. The molecule has 18 heavy (non-hydrogen) atoms. The van der Waals surface area contributed by atoms with Gasteiger partial charge in [-0.1, -0.05) is 6.92 Å². The molecule has 1 N–H and O–H groups in total. The largest absolute Gasteiger partial charge is 0.493 e. The van der Waals surface area contributed by atoms with Crippen LogP contribution in [0.4, 0.5) is 0 Å². The fourth-order valence-electron chi connectivity index (χ4n) is 1.51. The van der Waals surface area contributed by atoms with Crippen LogP contribution < -0.4 is 14.8 Å². The van der Waals surface area contributed by atoms with Gasteiger partial charge in [-0.25, -0.2) is 0 Å². The molecular formula is C12H20N2O3S. The minimum Gasteiger partial charge on any atom is -0.493 e. The Morgan fingerprint density at radius 2 is 2.17 bits per heavy atom. The number of rotatable bonds is 8. The highest BCUT2D eigenvalue weighted by atomic mass is 32.2. The Morgan fingerprint density at radius 1 is 1.39 bits per heavy atom. The van der Waals surface area contributed by atoms with E-state index in [-0.39, 0.29) is 0 Å². The average molecular weight is 272 g/mol. The molecule has 1 rings (SSSR count). The third kappa shape index (κ3) is 4.27. The zero-order valence-corrected chi connectivity index (χ0v) is 11.9. The van der Waals surface area contributed by atoms with E-state index in [1.165, 1.54) is 0 Å². The lowest BCUT2D eigenvalue weighted by Crippen LogP contribution is -2.21. The molecule has 0 aromatic carbocycles. The van der Waals surface area contributed by atoms with Crippen LogP contribution in [-0.2, 0) is 17.3 Å². The van der Waals surface area contributed by atoms with Crippen LogP contribution in [0.5, 0.6) is 11.5 Å². The van der Waals surface area contributed by atoms with Gasteiger partial charge in [0.1, 0.15) is 0 Å². The maximum Gasteiger partial charge on any atom is 0.183 e. The van der Waals surface area contributed by atoms with Crippen molar-refractivity contribution in [2.24, 2.45) is 0 Å². The molecule has 1 heterocycles. The first-order chi connectivity index (χ1) is 8.72. The summed E-state index contributed by atoms with van der Waals surface area (Å²) < 4.78 is 21.7. The number of hydrogen-bond donors (Lipinski definition) is 1. The standard InChI is InChI=1S/C12H20N2O3S/c1-4-18(15)8-7-13-9-10-12(17-3)11(16-2)5-6-14-10/h5-6,13H,4,7-9H2,1-3H3. The molecule has 0 radical (unpaired) electrons. The van der Waals surface area contributed by atoms with Crippen molar-refractivity contribution in [3.8, 4) is 11.5 Å². The number of hydrogen-bond acceptors (Lipinski definition) is 5. The van der Waals surface area contributed by atoms with Gasteiger partial charge in [0.2, 0.25) is 0 Å². The van der Waals surface area contributed by atoms with Crippen molar-refractivity contribution in [2.45, 2.75) is 13.5 Å². The van der Waals surface area contributed by atoms with Gasteiger partial charge >= 0.3 is 0 Å². The summed E-state index contributed by atoms with van der Waals surface area (Å²) in [5.74, 6) is 2.66. The molecule has 0 saturated heterocycles. The minimum atomic E-state index is -0.737. The van der Waals surface area contributed by atoms with Gasteiger partial charge in [0.15, 0.2) is 11.5 Å². The molecule has 1 unspecified atom stereocenters. The lowest BCUT2D eigenvalue weighted by atomic mass is 10.3. The number of aromatic nitrogens is 1. The van der Waals surface area contributed by atoms with Gasteiger partial charge in [0.05, 0.1) is 19.9 Å². The number of nitrogens with zero attached hydrogens (tertiary/aromatic N) is 1. The lowest BCUT2D eigenvalue weighted by Gasteiger charge is -2.11. The van der Waals surface area contributed by atoms with Crippen LogP contribution >= 0.6 is 0 Å². The molecule has 1 atom stereocenters. The molecular weight excluding hydrogens is 252 g/mol. The van der Waals surface area contributed by atoms with Crippen molar-refractivity contribution in [1.29, 1.82) is 0 Å². The molecule has 5 nitrogen and oxygen atoms in total. The summed E-state index contributed by atoms with van der Waals surface area (Å²) in [5, 5.41) is 3.20. The molecule has 0 amide bonds. The van der Waals surface area contributed by atoms with E-state index in [4.69, 9.17) is 9.47 Å². The molecule has 0 saturated carbocycles. The van der Waals surface area contributed by atoms with Gasteiger partial charge < -0.3 is 14.8 Å². The van der Waals surface area contributed by atoms with Crippen LogP contribution in [0, 0.1) is 0 Å². The van der Waals surface area contributed by atoms with Gasteiger partial charge in [-0.2, -0.15) is 0 Å². The highest BCUT2D eigenvalue weighted by molar-refractivity contribution is 7.84. The van der Waals surface area contributed by atoms with Crippen LogP contribution in [-0.4, -0.2) is 41.5 Å². The molecule has 1 aromatic heterocycles. The van der Waals surface area contributed by atoms with Crippen LogP contribution in [0.2, 0.25) is 0 Å². The summed E-state index contributed by atoms with van der Waals surface area (Å²) in [6.07, 6.45) is 1.68. The molecule has 0 fully saturated rings. The Kier molecular flexibility index (Phi) is 6.67. The van der Waals surface area contributed by atoms with Crippen LogP contribution in [0.1, 0.15) is 12.6 Å². The Labute approximate surface area is 110 Å². The maximum absolute atomic E-state index is 11.3. The number of ether oxygens (including phenoxy) is 2. The Balaban J connectivity index is 2.54. The Morgan fingerprint density at radius 3 is 2.78 bits per heavy atom. The minimum absolute atomic E-state index is 0.571. The van der Waals surface area contributed by atoms with Crippen molar-refractivity contribution >= 4 is 10.8 Å². The van der Waals surface area contributed by atoms with E-state index in [0.717, 1.165) is 5.69 Å². The van der Waals surface area contributed by atoms with Crippen molar-refractivity contribution in [1.82, 2.24) is 10.3 Å². The molecule has 0 bridgehead atoms. The highest BCUT2D eigenvalue weighted by Crippen LogP contribution is 2.28. The van der Waals surface area contributed by atoms with E-state index >= 15 is 0 Å². The van der Waals surface area contributed by atoms with Crippen LogP contribution in [0.15, 0.2) is 12.3 Å². The van der Waals surface area contributed by atoms with Gasteiger partial charge in [0.25, 0.3) is 0 Å². The molecule has 1 aromatic rings. The topological polar surface area (TPSA) is 60.5 Å². The third-order valence-electron chi connectivity index (χ3n) is 2.49. The van der Waals surface area contributed by atoms with E-state index in [0.29, 0.717) is 36.1 Å². The monoisotopic (exact) mass is 272 g/mol. The number of methoxy groups -OCH3 is 2. The van der Waals surface area contributed by atoms with Crippen LogP contribution in [0.25, 0.3) is 0 Å². The predicted octanol–water partition coefficient (Wildman–Crippen LogP) is 0.957. The fraction of sp³-hybridized carbons (Fsp3) is 0.583. The molecule has 0 aliphatic heterocycles. The van der Waals surface area contributed by atoms with Crippen molar-refractivity contribution < 1.29 is 13.7 Å². The molecule has 0 aliphatic carbocycles. The quantitative estimate of drug-likeness (QED) is 0.714. The summed E-state index contributed by atoms with van der Waals surface area (Å²) in [5.41, 5.74) is 0.791. The average Bonchev–Trinajstić information content (AvgIpc) is 2.42. The van der Waals surface area contributed by atoms with Gasteiger partial charge in [0, 0.05) is 47.7 Å². The first-order valence-electron chi connectivity index (χ1n) is 5.84. The summed E-state index contributed by atoms with van der Waals surface area (Å²) in [7, 11) is 2.45. The van der Waals surface area contributed by atoms with E-state index in [2.05, 4.69) is 10.3 Å². The summed E-state index contributed by atoms with van der Waals surface area (Å²) in [6.45, 7) is 3.19. The number of pyridine rings is 1. The summed E-state index contributed by atoms with van der Waals surface area (Å²) in [6, 6.07) is 1.76. The molecule has 0 spiro atoms. The van der Waals surface area contributed by atoms with E-state index < -0.39 is 10.8 Å². The van der Waals surface area contributed by atoms with Crippen LogP contribution in [0.3, 0.4) is 0 Å². The summed E-state index contributed by atoms with van der Waals surface area (Å²) in [4.78, 5) is 4.25. The second-order valence-corrected chi connectivity index (χ2v) is 5.47. The normalized spacial score (nSPS) is 12.2. The van der Waals surface area contributed by atoms with Crippen molar-refractivity contribution in [2.75, 3.05) is 32.3 Å². The summed E-state index contributed by atoms with van der Waals surface area (Å²) >= 11 is 0. The van der Waals surface area contributed by atoms with Gasteiger partial charge in [-0.15, -0.1) is 0 Å². The Bertz CT molecular complexity index is 399. The fourth-order valence-corrected chi connectivity index (χ4v) is 2.17. The van der Waals surface area contributed by atoms with E-state index in [1.807, 2.05) is 6.92 Å². The van der Waals surface area contributed by atoms with E-state index in [9.17, 15) is 4.21 Å². The smallest absolute Gasteiger partial charge is 0.183 e. The first kappa shape index (κ1) is 14.9. The van der Waals surface area contributed by atoms with Gasteiger partial charge in [-0.05, 0) is 0 Å². The zero-order chi connectivity index (χ0) is 13.4. The second kappa shape index (κ2) is 8.05. The Hall–Kier alpha value is -1.14. The number of nitrogens with one attached hydrogen (secondary N) is 1. The molecule has 0 aliphatic rings. The lowest BCUT2D eigenvalue weighted by molar-refractivity contribution is 0.348. The third-order valence-corrected chi connectivity index (χ3v) is 3.79. The van der Waals surface area contributed by atoms with E-state index in [1.54, 1.807) is 26.5 Å². The maximum atomic E-state index is 11.3. The van der Waals surface area contributed by atoms with Crippen molar-refractivity contribution in [3.05, 3.63) is 18.0 Å². The zero-order valence-electron chi connectivity index (χ0n) is 11.1. The van der Waals surface area contributed by atoms with Crippen molar-refractivity contribution in [3.63, 3.8) is 0 Å². The molecule has 102 valence electrons.